The summed E-state index contributed by atoms with van der Waals surface area (Å²) >= 11 is 0. The number of carbonyl (C=O) groups excluding carboxylic acids is 1. The van der Waals surface area contributed by atoms with Crippen LogP contribution in [0.15, 0.2) is 31.1 Å². The minimum absolute atomic E-state index is 0.0915. The molecule has 0 radical (unpaired) electrons. The van der Waals surface area contributed by atoms with E-state index in [1.165, 1.54) is 6.33 Å². The van der Waals surface area contributed by atoms with Crippen molar-refractivity contribution in [3.8, 4) is 11.3 Å². The third-order valence-electron chi connectivity index (χ3n) is 4.03. The molecule has 26 heavy (non-hydrogen) atoms. The summed E-state index contributed by atoms with van der Waals surface area (Å²) in [6.07, 6.45) is 9.89. The van der Waals surface area contributed by atoms with Gasteiger partial charge in [-0.3, -0.25) is 4.98 Å². The van der Waals surface area contributed by atoms with Crippen LogP contribution in [0.1, 0.15) is 33.6 Å². The Labute approximate surface area is 153 Å². The van der Waals surface area contributed by atoms with Crippen molar-refractivity contribution in [1.29, 1.82) is 0 Å². The number of nitrogens with zero attached hydrogens (tertiary/aromatic N) is 5. The minimum Gasteiger partial charge on any atom is -0.444 e. The van der Waals surface area contributed by atoms with Crippen molar-refractivity contribution in [2.24, 2.45) is 0 Å². The van der Waals surface area contributed by atoms with E-state index in [9.17, 15) is 4.79 Å². The van der Waals surface area contributed by atoms with Crippen molar-refractivity contribution in [3.63, 3.8) is 0 Å². The van der Waals surface area contributed by atoms with Crippen LogP contribution in [-0.4, -0.2) is 55.7 Å². The van der Waals surface area contributed by atoms with Crippen LogP contribution in [-0.2, 0) is 4.74 Å². The first-order chi connectivity index (χ1) is 12.4. The number of hydrogen-bond donors (Lipinski definition) is 1. The number of carbonyl (C=O) groups is 1. The Morgan fingerprint density at radius 3 is 2.65 bits per heavy atom. The fourth-order valence-electron chi connectivity index (χ4n) is 2.83. The van der Waals surface area contributed by atoms with Crippen molar-refractivity contribution >= 4 is 11.9 Å². The first-order valence-electron chi connectivity index (χ1n) is 8.73. The Hall–Kier alpha value is -2.77. The number of rotatable bonds is 4. The lowest BCUT2D eigenvalue weighted by atomic mass is 10.2. The molecule has 2 aromatic rings. The van der Waals surface area contributed by atoms with E-state index in [1.54, 1.807) is 29.7 Å². The summed E-state index contributed by atoms with van der Waals surface area (Å²) in [7, 11) is 0. The lowest BCUT2D eigenvalue weighted by molar-refractivity contribution is 0.0235. The molecule has 1 saturated heterocycles. The molecule has 0 aliphatic carbocycles. The molecule has 0 bridgehead atoms. The fourth-order valence-corrected chi connectivity index (χ4v) is 2.83. The summed E-state index contributed by atoms with van der Waals surface area (Å²) in [6.45, 7) is 6.97. The number of amides is 1. The second-order valence-electron chi connectivity index (χ2n) is 7.26. The Morgan fingerprint density at radius 2 is 2.00 bits per heavy atom. The predicted molar refractivity (Wildman–Crippen MR) is 97.5 cm³/mol. The number of ether oxygens (including phenoxy) is 1. The monoisotopic (exact) mass is 356 g/mol. The molecule has 1 unspecified atom stereocenters. The number of anilines is 1. The van der Waals surface area contributed by atoms with Gasteiger partial charge in [-0.15, -0.1) is 0 Å². The van der Waals surface area contributed by atoms with Gasteiger partial charge >= 0.3 is 6.09 Å². The van der Waals surface area contributed by atoms with Gasteiger partial charge in [-0.1, -0.05) is 0 Å². The van der Waals surface area contributed by atoms with Gasteiger partial charge in [0.15, 0.2) is 0 Å². The summed E-state index contributed by atoms with van der Waals surface area (Å²) in [5.74, 6) is 0.668. The summed E-state index contributed by atoms with van der Waals surface area (Å²) in [6, 6.07) is 0.0915. The number of aromatic nitrogens is 4. The van der Waals surface area contributed by atoms with Gasteiger partial charge in [0.1, 0.15) is 17.7 Å². The highest BCUT2D eigenvalue weighted by Gasteiger charge is 2.31. The normalized spacial score (nSPS) is 17.2. The van der Waals surface area contributed by atoms with Gasteiger partial charge in [0.25, 0.3) is 0 Å². The van der Waals surface area contributed by atoms with Gasteiger partial charge < -0.3 is 15.0 Å². The molecular weight excluding hydrogens is 332 g/mol. The molecule has 8 nitrogen and oxygen atoms in total. The molecule has 1 fully saturated rings. The van der Waals surface area contributed by atoms with Crippen molar-refractivity contribution in [1.82, 2.24) is 24.8 Å². The molecule has 3 heterocycles. The van der Waals surface area contributed by atoms with Crippen molar-refractivity contribution in [2.75, 3.05) is 18.4 Å². The third kappa shape index (κ3) is 4.65. The highest BCUT2D eigenvalue weighted by Crippen LogP contribution is 2.21. The predicted octanol–water partition coefficient (Wildman–Crippen LogP) is 2.75. The molecule has 3 rings (SSSR count). The molecular formula is C18H24N6O2. The van der Waals surface area contributed by atoms with Crippen LogP contribution < -0.4 is 5.32 Å². The molecule has 1 N–H and O–H groups in total. The van der Waals surface area contributed by atoms with Crippen molar-refractivity contribution in [3.05, 3.63) is 31.1 Å². The van der Waals surface area contributed by atoms with Gasteiger partial charge in [0.2, 0.25) is 0 Å². The van der Waals surface area contributed by atoms with Gasteiger partial charge in [-0.25, -0.2) is 19.7 Å². The van der Waals surface area contributed by atoms with E-state index in [1.807, 2.05) is 20.8 Å². The zero-order chi connectivity index (χ0) is 18.6. The lowest BCUT2D eigenvalue weighted by Crippen LogP contribution is -2.42. The molecule has 1 amide bonds. The quantitative estimate of drug-likeness (QED) is 0.900. The SMILES string of the molecule is CC(C)(C)OC(=O)N1CCCC1CNc1cnc(-c2cncnc2)cn1. The summed E-state index contributed by atoms with van der Waals surface area (Å²) in [5, 5.41) is 3.26. The smallest absolute Gasteiger partial charge is 0.410 e. The van der Waals surface area contributed by atoms with Crippen LogP contribution in [0.3, 0.4) is 0 Å². The number of hydrogen-bond acceptors (Lipinski definition) is 7. The van der Waals surface area contributed by atoms with Crippen LogP contribution in [0.5, 0.6) is 0 Å². The van der Waals surface area contributed by atoms with Gasteiger partial charge in [-0.05, 0) is 33.6 Å². The Kier molecular flexibility index (Phi) is 5.29. The number of likely N-dealkylation sites (tertiary alicyclic amines) is 1. The van der Waals surface area contributed by atoms with Crippen LogP contribution in [0.25, 0.3) is 11.3 Å². The Balaban J connectivity index is 1.57. The zero-order valence-corrected chi connectivity index (χ0v) is 15.3. The largest absolute Gasteiger partial charge is 0.444 e. The molecule has 0 spiro atoms. The Morgan fingerprint density at radius 1 is 1.23 bits per heavy atom. The second kappa shape index (κ2) is 7.63. The highest BCUT2D eigenvalue weighted by atomic mass is 16.6. The van der Waals surface area contributed by atoms with Crippen LogP contribution >= 0.6 is 0 Å². The molecule has 2 aromatic heterocycles. The molecule has 0 aromatic carbocycles. The van der Waals surface area contributed by atoms with Crippen molar-refractivity contribution in [2.45, 2.75) is 45.3 Å². The van der Waals surface area contributed by atoms with E-state index in [2.05, 4.69) is 25.3 Å². The average Bonchev–Trinajstić information content (AvgIpc) is 3.08. The zero-order valence-electron chi connectivity index (χ0n) is 15.3. The fraction of sp³-hybridized carbons (Fsp3) is 0.500. The summed E-state index contributed by atoms with van der Waals surface area (Å²) < 4.78 is 5.49. The summed E-state index contributed by atoms with van der Waals surface area (Å²) in [5.41, 5.74) is 1.05. The first kappa shape index (κ1) is 18.0. The van der Waals surface area contributed by atoms with Crippen molar-refractivity contribution < 1.29 is 9.53 Å². The molecule has 138 valence electrons. The summed E-state index contributed by atoms with van der Waals surface area (Å²) in [4.78, 5) is 30.8. The maximum Gasteiger partial charge on any atom is 0.410 e. The van der Waals surface area contributed by atoms with E-state index in [0.717, 1.165) is 24.9 Å². The molecule has 1 aliphatic rings. The minimum atomic E-state index is -0.486. The molecule has 8 heteroatoms. The topological polar surface area (TPSA) is 93.1 Å². The van der Waals surface area contributed by atoms with Gasteiger partial charge in [0, 0.05) is 31.0 Å². The van der Waals surface area contributed by atoms with E-state index >= 15 is 0 Å². The van der Waals surface area contributed by atoms with E-state index < -0.39 is 5.60 Å². The van der Waals surface area contributed by atoms with E-state index in [4.69, 9.17) is 4.74 Å². The van der Waals surface area contributed by atoms with Crippen LogP contribution in [0.2, 0.25) is 0 Å². The highest BCUT2D eigenvalue weighted by molar-refractivity contribution is 5.69. The van der Waals surface area contributed by atoms with E-state index in [0.29, 0.717) is 18.1 Å². The maximum absolute atomic E-state index is 12.3. The van der Waals surface area contributed by atoms with Crippen LogP contribution in [0, 0.1) is 0 Å². The van der Waals surface area contributed by atoms with Crippen LogP contribution in [0.4, 0.5) is 10.6 Å². The molecule has 1 aliphatic heterocycles. The molecule has 0 saturated carbocycles. The lowest BCUT2D eigenvalue weighted by Gasteiger charge is -2.28. The Bertz CT molecular complexity index is 730. The third-order valence-corrected chi connectivity index (χ3v) is 4.03. The number of nitrogens with one attached hydrogen (secondary N) is 1. The maximum atomic E-state index is 12.3. The standard InChI is InChI=1S/C18H24N6O2/c1-18(2,3)26-17(25)24-6-4-5-14(24)9-22-16-11-21-15(10-23-16)13-7-19-12-20-8-13/h7-8,10-12,14H,4-6,9H2,1-3H3,(H,22,23). The van der Waals surface area contributed by atoms with Gasteiger partial charge in [-0.2, -0.15) is 0 Å². The first-order valence-corrected chi connectivity index (χ1v) is 8.73. The average molecular weight is 356 g/mol. The second-order valence-corrected chi connectivity index (χ2v) is 7.26. The van der Waals surface area contributed by atoms with E-state index in [-0.39, 0.29) is 12.1 Å². The molecule has 1 atom stereocenters. The van der Waals surface area contributed by atoms with Gasteiger partial charge in [0.05, 0.1) is 24.1 Å².